The van der Waals surface area contributed by atoms with Crippen LogP contribution in [0.25, 0.3) is 0 Å². The predicted molar refractivity (Wildman–Crippen MR) is 84.4 cm³/mol. The van der Waals surface area contributed by atoms with Crippen LogP contribution in [0.2, 0.25) is 0 Å². The number of rotatable bonds is 3. The van der Waals surface area contributed by atoms with Gasteiger partial charge in [-0.25, -0.2) is 4.79 Å². The van der Waals surface area contributed by atoms with Crippen molar-refractivity contribution in [2.24, 2.45) is 0 Å². The zero-order valence-corrected chi connectivity index (χ0v) is 12.8. The summed E-state index contributed by atoms with van der Waals surface area (Å²) in [7, 11) is 0. The molecule has 0 bridgehead atoms. The summed E-state index contributed by atoms with van der Waals surface area (Å²) in [6, 6.07) is 8.19. The molecule has 0 saturated carbocycles. The van der Waals surface area contributed by atoms with Crippen LogP contribution < -0.4 is 15.5 Å². The van der Waals surface area contributed by atoms with Crippen LogP contribution in [-0.4, -0.2) is 30.0 Å². The second kappa shape index (κ2) is 6.42. The Bertz CT molecular complexity index is 789. The molecule has 0 aliphatic carbocycles. The van der Waals surface area contributed by atoms with E-state index in [1.165, 1.54) is 0 Å². The first-order valence-electron chi connectivity index (χ1n) is 7.34. The number of alkyl halides is 3. The molecule has 130 valence electrons. The van der Waals surface area contributed by atoms with E-state index >= 15 is 0 Å². The molecule has 2 heterocycles. The van der Waals surface area contributed by atoms with Crippen LogP contribution in [0.4, 0.5) is 29.3 Å². The molecule has 0 atom stereocenters. The van der Waals surface area contributed by atoms with E-state index in [0.717, 1.165) is 18.3 Å². The number of amides is 3. The number of nitrogens with one attached hydrogen (secondary N) is 2. The molecule has 3 amide bonds. The minimum absolute atomic E-state index is 0.0102. The van der Waals surface area contributed by atoms with E-state index in [0.29, 0.717) is 24.5 Å². The molecule has 1 saturated heterocycles. The standard InChI is InChI=1S/C16H13F3N4O2/c17-16(18,19)13-6-1-10(9-21-13)14(24)22-11-2-4-12(5-3-11)23-8-7-20-15(23)25/h1-6,9H,7-8H2,(H,20,25)(H,22,24). The lowest BCUT2D eigenvalue weighted by atomic mass is 10.2. The lowest BCUT2D eigenvalue weighted by molar-refractivity contribution is -0.141. The molecule has 2 N–H and O–H groups in total. The minimum atomic E-state index is -4.55. The molecular weight excluding hydrogens is 337 g/mol. The third-order valence-corrected chi connectivity index (χ3v) is 3.61. The van der Waals surface area contributed by atoms with E-state index < -0.39 is 17.8 Å². The van der Waals surface area contributed by atoms with Crippen molar-refractivity contribution in [1.29, 1.82) is 0 Å². The topological polar surface area (TPSA) is 74.3 Å². The molecule has 6 nitrogen and oxygen atoms in total. The van der Waals surface area contributed by atoms with Gasteiger partial charge in [-0.2, -0.15) is 13.2 Å². The van der Waals surface area contributed by atoms with Crippen LogP contribution in [0, 0.1) is 0 Å². The SMILES string of the molecule is O=C(Nc1ccc(N2CCNC2=O)cc1)c1ccc(C(F)(F)F)nc1. The van der Waals surface area contributed by atoms with E-state index in [1.54, 1.807) is 29.2 Å². The van der Waals surface area contributed by atoms with Crippen molar-refractivity contribution in [3.8, 4) is 0 Å². The molecular formula is C16H13F3N4O2. The summed E-state index contributed by atoms with van der Waals surface area (Å²) in [5, 5.41) is 5.25. The Hall–Kier alpha value is -3.10. The largest absolute Gasteiger partial charge is 0.433 e. The highest BCUT2D eigenvalue weighted by molar-refractivity contribution is 6.04. The van der Waals surface area contributed by atoms with Crippen molar-refractivity contribution >= 4 is 23.3 Å². The van der Waals surface area contributed by atoms with Crippen molar-refractivity contribution in [2.75, 3.05) is 23.3 Å². The summed E-state index contributed by atoms with van der Waals surface area (Å²) in [4.78, 5) is 28.5. The van der Waals surface area contributed by atoms with Gasteiger partial charge in [0.05, 0.1) is 5.56 Å². The lowest BCUT2D eigenvalue weighted by Gasteiger charge is -2.14. The minimum Gasteiger partial charge on any atom is -0.336 e. The molecule has 1 aliphatic heterocycles. The smallest absolute Gasteiger partial charge is 0.336 e. The first kappa shape index (κ1) is 16.7. The fourth-order valence-electron chi connectivity index (χ4n) is 2.34. The Labute approximate surface area is 140 Å². The monoisotopic (exact) mass is 350 g/mol. The Morgan fingerprint density at radius 2 is 1.88 bits per heavy atom. The first-order chi connectivity index (χ1) is 11.8. The van der Waals surface area contributed by atoms with E-state index in [2.05, 4.69) is 15.6 Å². The summed E-state index contributed by atoms with van der Waals surface area (Å²) < 4.78 is 37.4. The maximum atomic E-state index is 12.5. The highest BCUT2D eigenvalue weighted by Crippen LogP contribution is 2.27. The Morgan fingerprint density at radius 1 is 1.16 bits per heavy atom. The van der Waals surface area contributed by atoms with E-state index in [1.807, 2.05) is 0 Å². The maximum absolute atomic E-state index is 12.5. The van der Waals surface area contributed by atoms with Gasteiger partial charge in [0.15, 0.2) is 0 Å². The number of aromatic nitrogens is 1. The Morgan fingerprint density at radius 3 is 2.40 bits per heavy atom. The van der Waals surface area contributed by atoms with Gasteiger partial charge in [0.1, 0.15) is 5.69 Å². The zero-order valence-electron chi connectivity index (χ0n) is 12.8. The Kier molecular flexibility index (Phi) is 4.30. The van der Waals surface area contributed by atoms with Gasteiger partial charge < -0.3 is 10.6 Å². The summed E-state index contributed by atoms with van der Waals surface area (Å²) in [6.45, 7) is 1.13. The van der Waals surface area contributed by atoms with Gasteiger partial charge in [0.25, 0.3) is 5.91 Å². The van der Waals surface area contributed by atoms with Crippen LogP contribution in [-0.2, 0) is 6.18 Å². The van der Waals surface area contributed by atoms with Crippen molar-refractivity contribution in [3.63, 3.8) is 0 Å². The first-order valence-corrected chi connectivity index (χ1v) is 7.34. The van der Waals surface area contributed by atoms with Gasteiger partial charge >= 0.3 is 12.2 Å². The normalized spacial score (nSPS) is 14.4. The molecule has 9 heteroatoms. The number of carbonyl (C=O) groups excluding carboxylic acids is 2. The number of halogens is 3. The number of nitrogens with zero attached hydrogens (tertiary/aromatic N) is 2. The van der Waals surface area contributed by atoms with Crippen LogP contribution in [0.15, 0.2) is 42.6 Å². The van der Waals surface area contributed by atoms with Crippen LogP contribution >= 0.6 is 0 Å². The van der Waals surface area contributed by atoms with Gasteiger partial charge in [-0.3, -0.25) is 14.7 Å². The summed E-state index contributed by atoms with van der Waals surface area (Å²) in [5.74, 6) is -0.576. The molecule has 0 unspecified atom stereocenters. The molecule has 25 heavy (non-hydrogen) atoms. The second-order valence-corrected chi connectivity index (χ2v) is 5.31. The molecule has 3 rings (SSSR count). The molecule has 0 spiro atoms. The predicted octanol–water partition coefficient (Wildman–Crippen LogP) is 2.88. The van der Waals surface area contributed by atoms with E-state index in [9.17, 15) is 22.8 Å². The number of hydrogen-bond donors (Lipinski definition) is 2. The number of benzene rings is 1. The third kappa shape index (κ3) is 3.70. The number of pyridine rings is 1. The van der Waals surface area contributed by atoms with E-state index in [4.69, 9.17) is 0 Å². The molecule has 1 aromatic heterocycles. The number of hydrogen-bond acceptors (Lipinski definition) is 3. The summed E-state index contributed by atoms with van der Waals surface area (Å²) >= 11 is 0. The summed E-state index contributed by atoms with van der Waals surface area (Å²) in [5.41, 5.74) is 0.0886. The number of carbonyl (C=O) groups is 2. The van der Waals surface area contributed by atoms with Gasteiger partial charge in [0, 0.05) is 30.7 Å². The summed E-state index contributed by atoms with van der Waals surface area (Å²) in [6.07, 6.45) is -3.67. The van der Waals surface area contributed by atoms with Crippen molar-refractivity contribution < 1.29 is 22.8 Å². The van der Waals surface area contributed by atoms with Gasteiger partial charge in [-0.15, -0.1) is 0 Å². The number of urea groups is 1. The molecule has 1 fully saturated rings. The van der Waals surface area contributed by atoms with Crippen LogP contribution in [0.3, 0.4) is 0 Å². The number of anilines is 2. The lowest BCUT2D eigenvalue weighted by Crippen LogP contribution is -2.27. The third-order valence-electron chi connectivity index (χ3n) is 3.61. The fourth-order valence-corrected chi connectivity index (χ4v) is 2.34. The molecule has 1 aliphatic rings. The highest BCUT2D eigenvalue weighted by Gasteiger charge is 2.32. The van der Waals surface area contributed by atoms with Crippen LogP contribution in [0.1, 0.15) is 16.1 Å². The van der Waals surface area contributed by atoms with Gasteiger partial charge in [-0.05, 0) is 36.4 Å². The van der Waals surface area contributed by atoms with Crippen molar-refractivity contribution in [3.05, 3.63) is 53.9 Å². The average molecular weight is 350 g/mol. The highest BCUT2D eigenvalue weighted by atomic mass is 19.4. The van der Waals surface area contributed by atoms with Gasteiger partial charge in [0.2, 0.25) is 0 Å². The van der Waals surface area contributed by atoms with E-state index in [-0.39, 0.29) is 11.6 Å². The average Bonchev–Trinajstić information content (AvgIpc) is 3.01. The second-order valence-electron chi connectivity index (χ2n) is 5.31. The van der Waals surface area contributed by atoms with Crippen molar-refractivity contribution in [2.45, 2.75) is 6.18 Å². The zero-order chi connectivity index (χ0) is 18.0. The molecule has 1 aromatic carbocycles. The van der Waals surface area contributed by atoms with Gasteiger partial charge in [-0.1, -0.05) is 0 Å². The maximum Gasteiger partial charge on any atom is 0.433 e. The van der Waals surface area contributed by atoms with Crippen LogP contribution in [0.5, 0.6) is 0 Å². The molecule has 0 radical (unpaired) electrons. The Balaban J connectivity index is 1.67. The molecule has 2 aromatic rings. The quantitative estimate of drug-likeness (QED) is 0.894. The van der Waals surface area contributed by atoms with Crippen molar-refractivity contribution in [1.82, 2.24) is 10.3 Å². The fraction of sp³-hybridized carbons (Fsp3) is 0.188.